The minimum Gasteiger partial charge on any atom is -0.457 e. The number of aromatic nitrogens is 1. The molecule has 160 valence electrons. The first-order valence-electron chi connectivity index (χ1n) is 10.6. The average Bonchev–Trinajstić information content (AvgIpc) is 2.86. The maximum atomic E-state index is 12.4. The number of amides is 2. The molecule has 5 heteroatoms. The highest BCUT2D eigenvalue weighted by molar-refractivity contribution is 6.00. The van der Waals surface area contributed by atoms with E-state index in [0.29, 0.717) is 17.1 Å². The second-order valence-electron chi connectivity index (χ2n) is 7.50. The van der Waals surface area contributed by atoms with Gasteiger partial charge in [0.1, 0.15) is 11.5 Å². The molecule has 4 aromatic carbocycles. The molecule has 0 fully saturated rings. The third kappa shape index (κ3) is 4.83. The van der Waals surface area contributed by atoms with Gasteiger partial charge in [-0.3, -0.25) is 4.98 Å². The zero-order valence-corrected chi connectivity index (χ0v) is 17.7. The molecule has 0 aliphatic rings. The lowest BCUT2D eigenvalue weighted by Crippen LogP contribution is -2.19. The predicted molar refractivity (Wildman–Crippen MR) is 133 cm³/mol. The van der Waals surface area contributed by atoms with Crippen molar-refractivity contribution in [3.63, 3.8) is 0 Å². The highest BCUT2D eigenvalue weighted by Gasteiger charge is 2.06. The van der Waals surface area contributed by atoms with Gasteiger partial charge in [0.15, 0.2) is 0 Å². The molecule has 0 bridgehead atoms. The Hall–Kier alpha value is -4.64. The fourth-order valence-electron chi connectivity index (χ4n) is 3.63. The third-order valence-corrected chi connectivity index (χ3v) is 5.23. The lowest BCUT2D eigenvalue weighted by Gasteiger charge is -2.10. The summed E-state index contributed by atoms with van der Waals surface area (Å²) in [5, 5.41) is 7.95. The molecule has 5 nitrogen and oxygen atoms in total. The highest BCUT2D eigenvalue weighted by Crippen LogP contribution is 2.29. The zero-order chi connectivity index (χ0) is 22.5. The van der Waals surface area contributed by atoms with Crippen molar-refractivity contribution in [3.8, 4) is 22.6 Å². The van der Waals surface area contributed by atoms with E-state index in [-0.39, 0.29) is 6.03 Å². The zero-order valence-electron chi connectivity index (χ0n) is 17.7. The number of nitrogens with zero attached hydrogens (tertiary/aromatic N) is 1. The van der Waals surface area contributed by atoms with Crippen LogP contribution in [0.15, 0.2) is 116 Å². The van der Waals surface area contributed by atoms with Crippen LogP contribution in [0.2, 0.25) is 0 Å². The number of para-hydroxylation sites is 1. The number of hydrogen-bond donors (Lipinski definition) is 2. The molecule has 0 saturated heterocycles. The summed E-state index contributed by atoms with van der Waals surface area (Å²) < 4.78 is 5.78. The lowest BCUT2D eigenvalue weighted by atomic mass is 9.99. The Morgan fingerprint density at radius 3 is 2.06 bits per heavy atom. The van der Waals surface area contributed by atoms with Crippen LogP contribution in [-0.4, -0.2) is 11.0 Å². The van der Waals surface area contributed by atoms with Crippen molar-refractivity contribution in [1.29, 1.82) is 0 Å². The molecule has 33 heavy (non-hydrogen) atoms. The first-order chi connectivity index (χ1) is 16.2. The van der Waals surface area contributed by atoms with Crippen LogP contribution in [-0.2, 0) is 0 Å². The van der Waals surface area contributed by atoms with Crippen LogP contribution in [0, 0.1) is 0 Å². The summed E-state index contributed by atoms with van der Waals surface area (Å²) in [6.07, 6.45) is 3.66. The third-order valence-electron chi connectivity index (χ3n) is 5.23. The molecule has 0 saturated carbocycles. The smallest absolute Gasteiger partial charge is 0.323 e. The second-order valence-corrected chi connectivity index (χ2v) is 7.50. The molecule has 2 amide bonds. The van der Waals surface area contributed by atoms with Crippen molar-refractivity contribution in [2.75, 3.05) is 10.6 Å². The first kappa shape index (κ1) is 20.3. The molecule has 1 aromatic heterocycles. The van der Waals surface area contributed by atoms with Crippen molar-refractivity contribution in [1.82, 2.24) is 4.98 Å². The van der Waals surface area contributed by atoms with Crippen LogP contribution in [0.25, 0.3) is 21.9 Å². The minimum atomic E-state index is -0.310. The van der Waals surface area contributed by atoms with Gasteiger partial charge in [-0.05, 0) is 71.1 Å². The van der Waals surface area contributed by atoms with Gasteiger partial charge in [-0.2, -0.15) is 0 Å². The molecule has 5 aromatic rings. The van der Waals surface area contributed by atoms with Gasteiger partial charge >= 0.3 is 6.03 Å². The van der Waals surface area contributed by atoms with Crippen LogP contribution in [0.3, 0.4) is 0 Å². The van der Waals surface area contributed by atoms with Crippen molar-refractivity contribution in [2.24, 2.45) is 0 Å². The highest BCUT2D eigenvalue weighted by atomic mass is 16.5. The number of urea groups is 1. The molecule has 0 unspecified atom stereocenters. The van der Waals surface area contributed by atoms with E-state index in [0.717, 1.165) is 27.6 Å². The van der Waals surface area contributed by atoms with E-state index in [2.05, 4.69) is 21.7 Å². The minimum absolute atomic E-state index is 0.310. The molecular formula is C28H21N3O2. The van der Waals surface area contributed by atoms with Gasteiger partial charge in [0, 0.05) is 29.2 Å². The number of fused-ring (bicyclic) bond motifs is 1. The van der Waals surface area contributed by atoms with Gasteiger partial charge < -0.3 is 15.4 Å². The molecule has 0 radical (unpaired) electrons. The molecule has 0 spiro atoms. The molecular weight excluding hydrogens is 410 g/mol. The predicted octanol–water partition coefficient (Wildman–Crippen LogP) is 7.34. The van der Waals surface area contributed by atoms with Crippen molar-refractivity contribution >= 4 is 28.2 Å². The Bertz CT molecular complexity index is 1380. The van der Waals surface area contributed by atoms with Gasteiger partial charge in [0.25, 0.3) is 0 Å². The number of ether oxygens (including phenoxy) is 1. The number of carbonyl (C=O) groups is 1. The first-order valence-corrected chi connectivity index (χ1v) is 10.6. The summed E-state index contributed by atoms with van der Waals surface area (Å²) in [6, 6.07) is 32.4. The monoisotopic (exact) mass is 431 g/mol. The van der Waals surface area contributed by atoms with Crippen molar-refractivity contribution in [2.45, 2.75) is 0 Å². The summed E-state index contributed by atoms with van der Waals surface area (Å²) in [4.78, 5) is 16.6. The fraction of sp³-hybridized carbons (Fsp3) is 0. The van der Waals surface area contributed by atoms with E-state index in [9.17, 15) is 4.79 Å². The van der Waals surface area contributed by atoms with E-state index >= 15 is 0 Å². The number of rotatable bonds is 5. The van der Waals surface area contributed by atoms with Crippen molar-refractivity contribution in [3.05, 3.63) is 116 Å². The number of hydrogen-bond acceptors (Lipinski definition) is 3. The molecule has 5 rings (SSSR count). The SMILES string of the molecule is O=C(Nc1ccc(Oc2ccccc2)cc1)Nc1ccc(-c2cccc3cnccc23)cc1. The number of nitrogens with one attached hydrogen (secondary N) is 2. The van der Waals surface area contributed by atoms with Crippen LogP contribution >= 0.6 is 0 Å². The number of benzene rings is 4. The number of anilines is 2. The quantitative estimate of drug-likeness (QED) is 0.306. The second kappa shape index (κ2) is 9.24. The van der Waals surface area contributed by atoms with E-state index < -0.39 is 0 Å². The summed E-state index contributed by atoms with van der Waals surface area (Å²) in [6.45, 7) is 0. The van der Waals surface area contributed by atoms with Gasteiger partial charge in [0.05, 0.1) is 0 Å². The molecule has 0 aliphatic heterocycles. The normalized spacial score (nSPS) is 10.5. The van der Waals surface area contributed by atoms with Crippen LogP contribution in [0.1, 0.15) is 0 Å². The standard InChI is InChI=1S/C28H21N3O2/c32-28(31-23-13-15-25(16-14-23)33-24-6-2-1-3-7-24)30-22-11-9-20(10-12-22)26-8-4-5-21-19-29-18-17-27(21)26/h1-19H,(H2,30,31,32). The van der Waals surface area contributed by atoms with Crippen LogP contribution in [0.4, 0.5) is 16.2 Å². The Morgan fingerprint density at radius 2 is 1.33 bits per heavy atom. The maximum absolute atomic E-state index is 12.4. The van der Waals surface area contributed by atoms with Crippen LogP contribution < -0.4 is 15.4 Å². The molecule has 2 N–H and O–H groups in total. The number of carbonyl (C=O) groups excluding carboxylic acids is 1. The number of pyridine rings is 1. The summed E-state index contributed by atoms with van der Waals surface area (Å²) in [5.41, 5.74) is 3.59. The topological polar surface area (TPSA) is 63.2 Å². The molecule has 1 heterocycles. The van der Waals surface area contributed by atoms with E-state index in [4.69, 9.17) is 4.74 Å². The lowest BCUT2D eigenvalue weighted by molar-refractivity contribution is 0.262. The summed E-state index contributed by atoms with van der Waals surface area (Å²) in [5.74, 6) is 1.46. The Labute approximate surface area is 191 Å². The Kier molecular flexibility index (Phi) is 5.68. The average molecular weight is 431 g/mol. The van der Waals surface area contributed by atoms with Gasteiger partial charge in [-0.15, -0.1) is 0 Å². The largest absolute Gasteiger partial charge is 0.457 e. The van der Waals surface area contributed by atoms with Gasteiger partial charge in [0.2, 0.25) is 0 Å². The van der Waals surface area contributed by atoms with Gasteiger partial charge in [-0.25, -0.2) is 4.79 Å². The summed E-state index contributed by atoms with van der Waals surface area (Å²) in [7, 11) is 0. The Balaban J connectivity index is 1.22. The van der Waals surface area contributed by atoms with Gasteiger partial charge in [-0.1, -0.05) is 48.5 Å². The Morgan fingerprint density at radius 1 is 0.667 bits per heavy atom. The fourth-order valence-corrected chi connectivity index (χ4v) is 3.63. The maximum Gasteiger partial charge on any atom is 0.323 e. The van der Waals surface area contributed by atoms with Crippen LogP contribution in [0.5, 0.6) is 11.5 Å². The molecule has 0 aliphatic carbocycles. The van der Waals surface area contributed by atoms with E-state index in [1.54, 1.807) is 18.3 Å². The molecule has 0 atom stereocenters. The summed E-state index contributed by atoms with van der Waals surface area (Å²) >= 11 is 0. The van der Waals surface area contributed by atoms with Crippen molar-refractivity contribution < 1.29 is 9.53 Å². The van der Waals surface area contributed by atoms with E-state index in [1.165, 1.54) is 0 Å². The van der Waals surface area contributed by atoms with E-state index in [1.807, 2.05) is 91.1 Å².